The van der Waals surface area contributed by atoms with Crippen molar-refractivity contribution in [2.75, 3.05) is 13.2 Å². The van der Waals surface area contributed by atoms with Crippen LogP contribution in [0.15, 0.2) is 82.0 Å². The van der Waals surface area contributed by atoms with E-state index in [1.165, 1.54) is 0 Å². The molecule has 0 aliphatic heterocycles. The molecule has 0 unspecified atom stereocenters. The Bertz CT molecular complexity index is 2070. The number of esters is 1. The molecule has 6 rings (SSSR count). The third-order valence-corrected chi connectivity index (χ3v) is 10.9. The Labute approximate surface area is 287 Å². The molecule has 0 saturated heterocycles. The van der Waals surface area contributed by atoms with Crippen LogP contribution in [0.2, 0.25) is 25.7 Å². The van der Waals surface area contributed by atoms with Gasteiger partial charge in [0.05, 0.1) is 36.6 Å². The van der Waals surface area contributed by atoms with Gasteiger partial charge in [0, 0.05) is 25.8 Å². The van der Waals surface area contributed by atoms with Gasteiger partial charge in [0.15, 0.2) is 5.76 Å². The van der Waals surface area contributed by atoms with E-state index in [1.807, 2.05) is 30.3 Å². The number of halogens is 3. The number of nitrogens with zero attached hydrogens (tertiary/aromatic N) is 3. The minimum atomic E-state index is -4.65. The van der Waals surface area contributed by atoms with Crippen LogP contribution in [0.25, 0.3) is 21.9 Å². The van der Waals surface area contributed by atoms with Gasteiger partial charge in [0.1, 0.15) is 16.8 Å². The SMILES string of the molecule is C[Si](C)(C)CCOC(=O)[C@H]1[C@H](Cn2nnc3ccc(C(F)(F)F)cc3c2=O)CC[C@@H]1C(=O)c1cc2cc(OCCc3ccccc3)ccc2o1. The number of aromatic nitrogens is 3. The first-order valence-electron chi connectivity index (χ1n) is 16.6. The zero-order valence-electron chi connectivity index (χ0n) is 28.0. The van der Waals surface area contributed by atoms with Gasteiger partial charge >= 0.3 is 12.1 Å². The van der Waals surface area contributed by atoms with Gasteiger partial charge in [0.2, 0.25) is 5.78 Å². The second-order valence-electron chi connectivity index (χ2n) is 14.0. The molecule has 1 saturated carbocycles. The average Bonchev–Trinajstić information content (AvgIpc) is 3.69. The minimum Gasteiger partial charge on any atom is -0.493 e. The molecule has 9 nitrogen and oxygen atoms in total. The maximum Gasteiger partial charge on any atom is 0.416 e. The summed E-state index contributed by atoms with van der Waals surface area (Å²) in [4.78, 5) is 41.1. The molecule has 0 spiro atoms. The van der Waals surface area contributed by atoms with Crippen LogP contribution in [-0.4, -0.2) is 48.0 Å². The molecule has 1 aliphatic carbocycles. The zero-order valence-corrected chi connectivity index (χ0v) is 29.0. The molecule has 0 radical (unpaired) electrons. The Balaban J connectivity index is 1.23. The summed E-state index contributed by atoms with van der Waals surface area (Å²) in [6.07, 6.45) is -3.22. The topological polar surface area (TPSA) is 114 Å². The van der Waals surface area contributed by atoms with Gasteiger partial charge in [0.25, 0.3) is 5.56 Å². The number of ketones is 1. The highest BCUT2D eigenvalue weighted by atomic mass is 28.3. The molecule has 262 valence electrons. The molecule has 0 amide bonds. The molecule has 13 heteroatoms. The number of alkyl halides is 3. The lowest BCUT2D eigenvalue weighted by Crippen LogP contribution is -2.36. The maximum atomic E-state index is 14.0. The van der Waals surface area contributed by atoms with Crippen molar-refractivity contribution in [3.05, 3.63) is 100 Å². The van der Waals surface area contributed by atoms with E-state index in [1.54, 1.807) is 24.3 Å². The van der Waals surface area contributed by atoms with Crippen LogP contribution in [-0.2, 0) is 28.7 Å². The zero-order chi connectivity index (χ0) is 35.6. The van der Waals surface area contributed by atoms with Gasteiger partial charge in [-0.1, -0.05) is 55.2 Å². The second-order valence-corrected chi connectivity index (χ2v) is 19.6. The second kappa shape index (κ2) is 14.2. The fourth-order valence-electron chi connectivity index (χ4n) is 6.43. The molecular weight excluding hydrogens is 668 g/mol. The predicted octanol–water partition coefficient (Wildman–Crippen LogP) is 7.58. The van der Waals surface area contributed by atoms with Crippen LogP contribution in [0.1, 0.15) is 34.5 Å². The fourth-order valence-corrected chi connectivity index (χ4v) is 7.15. The monoisotopic (exact) mass is 705 g/mol. The summed E-state index contributed by atoms with van der Waals surface area (Å²) in [5.41, 5.74) is -0.0738. The highest BCUT2D eigenvalue weighted by Crippen LogP contribution is 2.41. The van der Waals surface area contributed by atoms with Crippen LogP contribution in [0.4, 0.5) is 13.2 Å². The van der Waals surface area contributed by atoms with E-state index in [0.717, 1.165) is 40.9 Å². The quantitative estimate of drug-likeness (QED) is 0.0742. The van der Waals surface area contributed by atoms with Crippen molar-refractivity contribution in [3.63, 3.8) is 0 Å². The van der Waals surface area contributed by atoms with E-state index >= 15 is 0 Å². The van der Waals surface area contributed by atoms with Gasteiger partial charge in [-0.25, -0.2) is 4.68 Å². The largest absolute Gasteiger partial charge is 0.493 e. The van der Waals surface area contributed by atoms with Crippen molar-refractivity contribution < 1.29 is 36.7 Å². The number of rotatable bonds is 12. The van der Waals surface area contributed by atoms with Gasteiger partial charge in [-0.15, -0.1) is 5.10 Å². The summed E-state index contributed by atoms with van der Waals surface area (Å²) in [6.45, 7) is 7.01. The first-order chi connectivity index (χ1) is 23.8. The fraction of sp³-hybridized carbons (Fsp3) is 0.378. The van der Waals surface area contributed by atoms with E-state index in [9.17, 15) is 27.6 Å². The van der Waals surface area contributed by atoms with Gasteiger partial charge in [-0.05, 0) is 72.8 Å². The van der Waals surface area contributed by atoms with Crippen LogP contribution in [0.3, 0.4) is 0 Å². The molecule has 5 aromatic rings. The number of carbonyl (C=O) groups excluding carboxylic acids is 2. The van der Waals surface area contributed by atoms with Crippen molar-refractivity contribution in [2.24, 2.45) is 17.8 Å². The van der Waals surface area contributed by atoms with E-state index in [-0.39, 0.29) is 35.6 Å². The van der Waals surface area contributed by atoms with Crippen LogP contribution in [0, 0.1) is 17.8 Å². The molecule has 3 atom stereocenters. The highest BCUT2D eigenvalue weighted by Gasteiger charge is 2.47. The number of benzene rings is 3. The Hall–Kier alpha value is -4.78. The van der Waals surface area contributed by atoms with E-state index in [4.69, 9.17) is 13.9 Å². The van der Waals surface area contributed by atoms with Crippen molar-refractivity contribution in [3.8, 4) is 5.75 Å². The third-order valence-electron chi connectivity index (χ3n) is 9.18. The standard InChI is InChI=1S/C37H38F3N3O6Si/c1-50(2,3)18-17-48-36(46)33-24(22-43-35(45)29-21-26(37(38,39)40)10-13-30(29)41-42-43)9-12-28(33)34(44)32-20-25-19-27(11-14-31(25)49-32)47-16-15-23-7-5-4-6-8-23/h4-8,10-11,13-14,19-21,24,28,33H,9,12,15-18,22H2,1-3H3/t24-,28-,33-/m0/s1. The Morgan fingerprint density at radius 2 is 1.76 bits per heavy atom. The van der Waals surface area contributed by atoms with E-state index < -0.39 is 49.1 Å². The van der Waals surface area contributed by atoms with Crippen molar-refractivity contribution in [2.45, 2.75) is 57.7 Å². The number of Topliss-reactive ketones (excluding diaryl/α,β-unsaturated/α-hetero) is 1. The molecule has 0 bridgehead atoms. The van der Waals surface area contributed by atoms with Crippen molar-refractivity contribution in [1.29, 1.82) is 0 Å². The Morgan fingerprint density at radius 3 is 2.50 bits per heavy atom. The molecule has 50 heavy (non-hydrogen) atoms. The first kappa shape index (κ1) is 35.1. The molecular formula is C37H38F3N3O6Si. The molecule has 0 N–H and O–H groups in total. The number of fused-ring (bicyclic) bond motifs is 2. The highest BCUT2D eigenvalue weighted by molar-refractivity contribution is 6.76. The lowest BCUT2D eigenvalue weighted by Gasteiger charge is -2.23. The summed E-state index contributed by atoms with van der Waals surface area (Å²) in [6, 6.07) is 20.4. The Morgan fingerprint density at radius 1 is 0.980 bits per heavy atom. The third kappa shape index (κ3) is 7.98. The summed E-state index contributed by atoms with van der Waals surface area (Å²) in [5, 5.41) is 8.36. The average molecular weight is 706 g/mol. The minimum absolute atomic E-state index is 0.0238. The summed E-state index contributed by atoms with van der Waals surface area (Å²) >= 11 is 0. The van der Waals surface area contributed by atoms with E-state index in [2.05, 4.69) is 30.0 Å². The molecule has 2 heterocycles. The number of carbonyl (C=O) groups is 2. The molecule has 3 aromatic carbocycles. The maximum absolute atomic E-state index is 14.0. The van der Waals surface area contributed by atoms with Crippen LogP contribution >= 0.6 is 0 Å². The van der Waals surface area contributed by atoms with Gasteiger partial charge < -0.3 is 13.9 Å². The molecule has 1 fully saturated rings. The number of furan rings is 1. The van der Waals surface area contributed by atoms with E-state index in [0.29, 0.717) is 36.2 Å². The summed E-state index contributed by atoms with van der Waals surface area (Å²) in [7, 11) is -1.55. The Kier molecular flexibility index (Phi) is 9.97. The number of hydrogen-bond acceptors (Lipinski definition) is 8. The van der Waals surface area contributed by atoms with Crippen LogP contribution < -0.4 is 10.3 Å². The molecule has 2 aromatic heterocycles. The van der Waals surface area contributed by atoms with Crippen LogP contribution in [0.5, 0.6) is 5.75 Å². The van der Waals surface area contributed by atoms with Crippen molar-refractivity contribution in [1.82, 2.24) is 15.0 Å². The lowest BCUT2D eigenvalue weighted by molar-refractivity contribution is -0.150. The van der Waals surface area contributed by atoms with Crippen molar-refractivity contribution >= 4 is 41.7 Å². The predicted molar refractivity (Wildman–Crippen MR) is 184 cm³/mol. The number of ether oxygens (including phenoxy) is 2. The van der Waals surface area contributed by atoms with Gasteiger partial charge in [-0.2, -0.15) is 13.2 Å². The lowest BCUT2D eigenvalue weighted by atomic mass is 9.86. The smallest absolute Gasteiger partial charge is 0.416 e. The molecule has 1 aliphatic rings. The summed E-state index contributed by atoms with van der Waals surface area (Å²) in [5.74, 6) is -2.50. The van der Waals surface area contributed by atoms with Gasteiger partial charge in [-0.3, -0.25) is 14.4 Å². The first-order valence-corrected chi connectivity index (χ1v) is 20.3. The number of hydrogen-bond donors (Lipinski definition) is 0. The normalized spacial score (nSPS) is 18.1. The summed E-state index contributed by atoms with van der Waals surface area (Å²) < 4.78 is 58.8.